The van der Waals surface area contributed by atoms with Gasteiger partial charge in [-0.25, -0.2) is 0 Å². The van der Waals surface area contributed by atoms with Gasteiger partial charge in [0.15, 0.2) is 0 Å². The molecule has 1 heterocycles. The Hall–Kier alpha value is -2.59. The summed E-state index contributed by atoms with van der Waals surface area (Å²) in [5, 5.41) is 1.41. The molecule has 0 aliphatic rings. The van der Waals surface area contributed by atoms with Crippen LogP contribution in [0.2, 0.25) is 5.02 Å². The first-order valence-corrected chi connectivity index (χ1v) is 7.42. The summed E-state index contributed by atoms with van der Waals surface area (Å²) in [6.45, 7) is 0. The second kappa shape index (κ2) is 6.67. The lowest BCUT2D eigenvalue weighted by Crippen LogP contribution is -1.92. The molecule has 0 spiro atoms. The average Bonchev–Trinajstić information content (AvgIpc) is 2.57. The van der Waals surface area contributed by atoms with Crippen LogP contribution < -0.4 is 9.47 Å². The predicted molar refractivity (Wildman–Crippen MR) is 89.6 cm³/mol. The highest BCUT2D eigenvalue weighted by atomic mass is 35.5. The fraction of sp³-hybridized carbons (Fsp3) is 0.111. The number of aromatic nitrogens is 1. The van der Waals surface area contributed by atoms with Crippen molar-refractivity contribution in [3.05, 3.63) is 59.2 Å². The summed E-state index contributed by atoms with van der Waals surface area (Å²) in [4.78, 5) is 15.0. The maximum absolute atomic E-state index is 10.6. The van der Waals surface area contributed by atoms with Crippen molar-refractivity contribution in [1.82, 2.24) is 4.98 Å². The quantitative estimate of drug-likeness (QED) is 0.650. The van der Waals surface area contributed by atoms with E-state index in [4.69, 9.17) is 21.1 Å². The smallest absolute Gasteiger partial charge is 0.146 e. The van der Waals surface area contributed by atoms with Crippen molar-refractivity contribution >= 4 is 28.8 Å². The molecule has 0 unspecified atom stereocenters. The summed E-state index contributed by atoms with van der Waals surface area (Å²) in [7, 11) is 1.58. The number of aldehydes is 1. The number of carbonyl (C=O) groups is 1. The van der Waals surface area contributed by atoms with Crippen molar-refractivity contribution in [2.45, 2.75) is 6.42 Å². The monoisotopic (exact) mass is 327 g/mol. The van der Waals surface area contributed by atoms with Crippen LogP contribution >= 0.6 is 11.6 Å². The highest BCUT2D eigenvalue weighted by Gasteiger charge is 2.06. The molecule has 0 amide bonds. The van der Waals surface area contributed by atoms with E-state index in [1.54, 1.807) is 25.3 Å². The molecule has 0 aliphatic carbocycles. The molecule has 0 radical (unpaired) electrons. The number of rotatable bonds is 5. The molecule has 0 saturated heterocycles. The number of nitrogens with zero attached hydrogens (tertiary/aromatic N) is 1. The van der Waals surface area contributed by atoms with Crippen LogP contribution in [-0.2, 0) is 11.2 Å². The van der Waals surface area contributed by atoms with E-state index in [0.717, 1.165) is 22.9 Å². The minimum Gasteiger partial charge on any atom is -0.497 e. The SMILES string of the molecule is COc1ccc(Oc2ccc3nc(CC=O)ccc3c2)c(Cl)c1. The third-order valence-corrected chi connectivity index (χ3v) is 3.67. The third kappa shape index (κ3) is 3.43. The second-order valence-corrected chi connectivity index (χ2v) is 5.33. The van der Waals surface area contributed by atoms with Crippen LogP contribution in [0.3, 0.4) is 0 Å². The van der Waals surface area contributed by atoms with Gasteiger partial charge in [-0.1, -0.05) is 17.7 Å². The fourth-order valence-electron chi connectivity index (χ4n) is 2.23. The van der Waals surface area contributed by atoms with Crippen LogP contribution in [0.25, 0.3) is 10.9 Å². The normalized spacial score (nSPS) is 10.5. The summed E-state index contributed by atoms with van der Waals surface area (Å²) in [5.41, 5.74) is 1.57. The first-order chi connectivity index (χ1) is 11.2. The number of hydrogen-bond donors (Lipinski definition) is 0. The molecule has 5 heteroatoms. The van der Waals surface area contributed by atoms with Crippen molar-refractivity contribution in [2.24, 2.45) is 0 Å². The Kier molecular flexibility index (Phi) is 4.44. The molecule has 0 atom stereocenters. The number of benzene rings is 2. The van der Waals surface area contributed by atoms with Gasteiger partial charge in [0.25, 0.3) is 0 Å². The van der Waals surface area contributed by atoms with Crippen LogP contribution in [0.1, 0.15) is 5.69 Å². The van der Waals surface area contributed by atoms with E-state index in [9.17, 15) is 4.79 Å². The van der Waals surface area contributed by atoms with Gasteiger partial charge in [-0.05, 0) is 36.4 Å². The van der Waals surface area contributed by atoms with E-state index in [-0.39, 0.29) is 0 Å². The predicted octanol–water partition coefficient (Wildman–Crippen LogP) is 4.43. The highest BCUT2D eigenvalue weighted by molar-refractivity contribution is 6.32. The molecule has 3 aromatic rings. The Morgan fingerprint density at radius 2 is 1.91 bits per heavy atom. The van der Waals surface area contributed by atoms with E-state index in [0.29, 0.717) is 28.7 Å². The average molecular weight is 328 g/mol. The summed E-state index contributed by atoms with van der Waals surface area (Å²) < 4.78 is 10.9. The number of pyridine rings is 1. The van der Waals surface area contributed by atoms with Gasteiger partial charge in [0.2, 0.25) is 0 Å². The Morgan fingerprint density at radius 1 is 1.09 bits per heavy atom. The van der Waals surface area contributed by atoms with Crippen molar-refractivity contribution in [3.8, 4) is 17.2 Å². The van der Waals surface area contributed by atoms with Crippen LogP contribution in [0, 0.1) is 0 Å². The van der Waals surface area contributed by atoms with Crippen molar-refractivity contribution in [2.75, 3.05) is 7.11 Å². The molecule has 1 aromatic heterocycles. The van der Waals surface area contributed by atoms with Crippen molar-refractivity contribution in [1.29, 1.82) is 0 Å². The van der Waals surface area contributed by atoms with Gasteiger partial charge < -0.3 is 14.3 Å². The van der Waals surface area contributed by atoms with E-state index in [2.05, 4.69) is 4.98 Å². The molecule has 116 valence electrons. The number of carbonyl (C=O) groups excluding carboxylic acids is 1. The summed E-state index contributed by atoms with van der Waals surface area (Å²) >= 11 is 6.18. The van der Waals surface area contributed by atoms with Crippen LogP contribution in [-0.4, -0.2) is 18.4 Å². The van der Waals surface area contributed by atoms with Gasteiger partial charge in [-0.15, -0.1) is 0 Å². The van der Waals surface area contributed by atoms with Gasteiger partial charge in [-0.3, -0.25) is 4.98 Å². The number of methoxy groups -OCH3 is 1. The molecule has 0 fully saturated rings. The molecule has 0 saturated carbocycles. The summed E-state index contributed by atoms with van der Waals surface area (Å²) in [6, 6.07) is 14.6. The third-order valence-electron chi connectivity index (χ3n) is 3.38. The molecule has 23 heavy (non-hydrogen) atoms. The number of hydrogen-bond acceptors (Lipinski definition) is 4. The molecule has 3 rings (SSSR count). The lowest BCUT2D eigenvalue weighted by Gasteiger charge is -2.10. The minimum absolute atomic E-state index is 0.315. The Balaban J connectivity index is 1.88. The zero-order valence-corrected chi connectivity index (χ0v) is 13.2. The zero-order chi connectivity index (χ0) is 16.2. The number of fused-ring (bicyclic) bond motifs is 1. The van der Waals surface area contributed by atoms with Gasteiger partial charge in [0.05, 0.1) is 17.6 Å². The summed E-state index contributed by atoms with van der Waals surface area (Å²) in [5.74, 6) is 1.89. The molecule has 0 bridgehead atoms. The van der Waals surface area contributed by atoms with Crippen LogP contribution in [0.5, 0.6) is 17.2 Å². The minimum atomic E-state index is 0.315. The fourth-order valence-corrected chi connectivity index (χ4v) is 2.44. The molecule has 2 aromatic carbocycles. The highest BCUT2D eigenvalue weighted by Crippen LogP contribution is 2.33. The number of halogens is 1. The van der Waals surface area contributed by atoms with E-state index in [1.807, 2.05) is 30.3 Å². The van der Waals surface area contributed by atoms with Gasteiger partial charge in [0.1, 0.15) is 23.5 Å². The van der Waals surface area contributed by atoms with Gasteiger partial charge in [0, 0.05) is 23.6 Å². The molecule has 4 nitrogen and oxygen atoms in total. The van der Waals surface area contributed by atoms with E-state index < -0.39 is 0 Å². The topological polar surface area (TPSA) is 48.4 Å². The van der Waals surface area contributed by atoms with Crippen LogP contribution in [0.4, 0.5) is 0 Å². The van der Waals surface area contributed by atoms with Gasteiger partial charge >= 0.3 is 0 Å². The molecule has 0 aliphatic heterocycles. The Labute approximate surface area is 138 Å². The Bertz CT molecular complexity index is 864. The lowest BCUT2D eigenvalue weighted by molar-refractivity contribution is -0.107. The molecular formula is C18H14ClNO3. The van der Waals surface area contributed by atoms with E-state index >= 15 is 0 Å². The first kappa shape index (κ1) is 15.3. The maximum Gasteiger partial charge on any atom is 0.146 e. The van der Waals surface area contributed by atoms with Crippen molar-refractivity contribution < 1.29 is 14.3 Å². The summed E-state index contributed by atoms with van der Waals surface area (Å²) in [6.07, 6.45) is 1.16. The number of ether oxygens (including phenoxy) is 2. The maximum atomic E-state index is 10.6. The van der Waals surface area contributed by atoms with Gasteiger partial charge in [-0.2, -0.15) is 0 Å². The first-order valence-electron chi connectivity index (χ1n) is 7.04. The van der Waals surface area contributed by atoms with E-state index in [1.165, 1.54) is 0 Å². The standard InChI is InChI=1S/C18H14ClNO3/c1-22-14-5-7-18(16(19)11-14)23-15-4-6-17-12(10-15)2-3-13(20-17)8-9-21/h2-7,9-11H,8H2,1H3. The Morgan fingerprint density at radius 3 is 2.65 bits per heavy atom. The van der Waals surface area contributed by atoms with Crippen LogP contribution in [0.15, 0.2) is 48.5 Å². The zero-order valence-electron chi connectivity index (χ0n) is 12.5. The lowest BCUT2D eigenvalue weighted by atomic mass is 10.2. The van der Waals surface area contributed by atoms with Crippen molar-refractivity contribution in [3.63, 3.8) is 0 Å². The second-order valence-electron chi connectivity index (χ2n) is 4.93. The molecule has 0 N–H and O–H groups in total. The largest absolute Gasteiger partial charge is 0.497 e. The molecular weight excluding hydrogens is 314 g/mol.